The molecule has 0 saturated carbocycles. The molecule has 0 bridgehead atoms. The summed E-state index contributed by atoms with van der Waals surface area (Å²) in [6.07, 6.45) is 4.04. The molecule has 2 N–H and O–H groups in total. The molecule has 0 aromatic carbocycles. The van der Waals surface area contributed by atoms with Crippen molar-refractivity contribution in [3.8, 4) is 0 Å². The van der Waals surface area contributed by atoms with E-state index >= 15 is 0 Å². The Hall–Kier alpha value is -0.940. The Balaban J connectivity index is 1.90. The molecule has 17 heavy (non-hydrogen) atoms. The van der Waals surface area contributed by atoms with E-state index in [-0.39, 0.29) is 0 Å². The molecule has 1 unspecified atom stereocenters. The number of nitrogens with two attached hydrogens (primary N) is 1. The second kappa shape index (κ2) is 6.12. The van der Waals surface area contributed by atoms with Gasteiger partial charge in [0.05, 0.1) is 6.61 Å². The summed E-state index contributed by atoms with van der Waals surface area (Å²) in [7, 11) is 0. The van der Waals surface area contributed by atoms with Gasteiger partial charge in [-0.05, 0) is 25.3 Å². The minimum Gasteiger partial charge on any atom is -0.381 e. The van der Waals surface area contributed by atoms with Crippen LogP contribution >= 0.6 is 0 Å². The molecule has 1 aromatic heterocycles. The third-order valence-corrected chi connectivity index (χ3v) is 3.29. The van der Waals surface area contributed by atoms with Crippen molar-refractivity contribution in [2.45, 2.75) is 39.2 Å². The maximum absolute atomic E-state index is 5.70. The van der Waals surface area contributed by atoms with E-state index in [0.717, 1.165) is 63.6 Å². The van der Waals surface area contributed by atoms with Gasteiger partial charge in [-0.3, -0.25) is 0 Å². The number of aromatic nitrogens is 3. The van der Waals surface area contributed by atoms with Crippen molar-refractivity contribution in [2.24, 2.45) is 11.7 Å². The van der Waals surface area contributed by atoms with Crippen molar-refractivity contribution in [3.63, 3.8) is 0 Å². The smallest absolute Gasteiger partial charge is 0.135 e. The first-order valence-electron chi connectivity index (χ1n) is 6.54. The second-order valence-electron chi connectivity index (χ2n) is 4.64. The SMILES string of the molecule is CCCOCCc1nnc2n1CCC(CN)C2. The monoisotopic (exact) mass is 238 g/mol. The van der Waals surface area contributed by atoms with Gasteiger partial charge in [-0.25, -0.2) is 0 Å². The molecular formula is C12H22N4O. The topological polar surface area (TPSA) is 66.0 Å². The molecule has 5 heteroatoms. The van der Waals surface area contributed by atoms with Gasteiger partial charge in [0, 0.05) is 26.0 Å². The molecule has 0 saturated heterocycles. The van der Waals surface area contributed by atoms with E-state index in [1.54, 1.807) is 0 Å². The fourth-order valence-electron chi connectivity index (χ4n) is 2.25. The van der Waals surface area contributed by atoms with Gasteiger partial charge in [0.2, 0.25) is 0 Å². The molecule has 1 aliphatic heterocycles. The Labute approximate surface area is 102 Å². The highest BCUT2D eigenvalue weighted by atomic mass is 16.5. The van der Waals surface area contributed by atoms with E-state index < -0.39 is 0 Å². The van der Waals surface area contributed by atoms with Crippen molar-refractivity contribution < 1.29 is 4.74 Å². The lowest BCUT2D eigenvalue weighted by atomic mass is 9.98. The van der Waals surface area contributed by atoms with Gasteiger partial charge >= 0.3 is 0 Å². The third-order valence-electron chi connectivity index (χ3n) is 3.29. The largest absolute Gasteiger partial charge is 0.381 e. The average molecular weight is 238 g/mol. The Kier molecular flexibility index (Phi) is 4.50. The van der Waals surface area contributed by atoms with E-state index in [0.29, 0.717) is 5.92 Å². The van der Waals surface area contributed by atoms with Gasteiger partial charge in [0.1, 0.15) is 11.6 Å². The van der Waals surface area contributed by atoms with Crippen LogP contribution in [0.4, 0.5) is 0 Å². The first-order valence-corrected chi connectivity index (χ1v) is 6.54. The fourth-order valence-corrected chi connectivity index (χ4v) is 2.25. The predicted molar refractivity (Wildman–Crippen MR) is 65.7 cm³/mol. The van der Waals surface area contributed by atoms with Crippen LogP contribution in [0.2, 0.25) is 0 Å². The van der Waals surface area contributed by atoms with Crippen LogP contribution in [0.1, 0.15) is 31.4 Å². The Morgan fingerprint density at radius 2 is 2.29 bits per heavy atom. The number of hydrogen-bond acceptors (Lipinski definition) is 4. The summed E-state index contributed by atoms with van der Waals surface area (Å²) in [6.45, 7) is 5.45. The first kappa shape index (κ1) is 12.5. The van der Waals surface area contributed by atoms with Crippen LogP contribution in [0.3, 0.4) is 0 Å². The lowest BCUT2D eigenvalue weighted by molar-refractivity contribution is 0.135. The summed E-state index contributed by atoms with van der Waals surface area (Å²) < 4.78 is 7.73. The zero-order chi connectivity index (χ0) is 12.1. The molecular weight excluding hydrogens is 216 g/mol. The Morgan fingerprint density at radius 1 is 1.41 bits per heavy atom. The van der Waals surface area contributed by atoms with Crippen molar-refractivity contribution >= 4 is 0 Å². The van der Waals surface area contributed by atoms with E-state index in [4.69, 9.17) is 10.5 Å². The van der Waals surface area contributed by atoms with E-state index in [1.807, 2.05) is 0 Å². The van der Waals surface area contributed by atoms with Crippen LogP contribution in [0, 0.1) is 5.92 Å². The lowest BCUT2D eigenvalue weighted by Gasteiger charge is -2.22. The molecule has 0 fully saturated rings. The number of fused-ring (bicyclic) bond motifs is 1. The molecule has 1 aliphatic rings. The van der Waals surface area contributed by atoms with Crippen LogP contribution in [0.15, 0.2) is 0 Å². The molecule has 0 radical (unpaired) electrons. The van der Waals surface area contributed by atoms with Crippen LogP contribution in [-0.4, -0.2) is 34.5 Å². The molecule has 0 amide bonds. The molecule has 2 rings (SSSR count). The minimum atomic E-state index is 0.580. The molecule has 0 aliphatic carbocycles. The van der Waals surface area contributed by atoms with Crippen LogP contribution in [-0.2, 0) is 24.1 Å². The number of hydrogen-bond donors (Lipinski definition) is 1. The summed E-state index contributed by atoms with van der Waals surface area (Å²) >= 11 is 0. The van der Waals surface area contributed by atoms with Gasteiger partial charge in [0.25, 0.3) is 0 Å². The highest BCUT2D eigenvalue weighted by molar-refractivity contribution is 5.00. The molecule has 96 valence electrons. The van der Waals surface area contributed by atoms with Gasteiger partial charge in [-0.2, -0.15) is 0 Å². The zero-order valence-electron chi connectivity index (χ0n) is 10.6. The maximum atomic E-state index is 5.70. The highest BCUT2D eigenvalue weighted by Crippen LogP contribution is 2.19. The summed E-state index contributed by atoms with van der Waals surface area (Å²) in [5.74, 6) is 2.74. The fraction of sp³-hybridized carbons (Fsp3) is 0.833. The number of ether oxygens (including phenoxy) is 1. The summed E-state index contributed by atoms with van der Waals surface area (Å²) in [4.78, 5) is 0. The summed E-state index contributed by atoms with van der Waals surface area (Å²) in [6, 6.07) is 0. The maximum Gasteiger partial charge on any atom is 0.135 e. The van der Waals surface area contributed by atoms with Gasteiger partial charge in [-0.15, -0.1) is 10.2 Å². The van der Waals surface area contributed by atoms with Crippen LogP contribution in [0.5, 0.6) is 0 Å². The quantitative estimate of drug-likeness (QED) is 0.743. The van der Waals surface area contributed by atoms with Crippen molar-refractivity contribution in [1.29, 1.82) is 0 Å². The van der Waals surface area contributed by atoms with Crippen molar-refractivity contribution in [3.05, 3.63) is 11.6 Å². The van der Waals surface area contributed by atoms with Gasteiger partial charge in [-0.1, -0.05) is 6.92 Å². The van der Waals surface area contributed by atoms with E-state index in [2.05, 4.69) is 21.7 Å². The zero-order valence-corrected chi connectivity index (χ0v) is 10.6. The molecule has 2 heterocycles. The molecule has 0 spiro atoms. The van der Waals surface area contributed by atoms with Crippen molar-refractivity contribution in [2.75, 3.05) is 19.8 Å². The molecule has 1 atom stereocenters. The standard InChI is InChI=1S/C12H22N4O/c1-2-6-17-7-4-11-14-15-12-8-10(9-13)3-5-16(11)12/h10H,2-9,13H2,1H3. The third kappa shape index (κ3) is 3.04. The normalized spacial score (nSPS) is 19.3. The van der Waals surface area contributed by atoms with Crippen LogP contribution in [0.25, 0.3) is 0 Å². The Bertz CT molecular complexity index is 350. The average Bonchev–Trinajstić information content (AvgIpc) is 2.77. The van der Waals surface area contributed by atoms with Crippen molar-refractivity contribution in [1.82, 2.24) is 14.8 Å². The second-order valence-corrected chi connectivity index (χ2v) is 4.64. The highest BCUT2D eigenvalue weighted by Gasteiger charge is 2.21. The Morgan fingerprint density at radius 3 is 3.06 bits per heavy atom. The van der Waals surface area contributed by atoms with E-state index in [9.17, 15) is 0 Å². The first-order chi connectivity index (χ1) is 8.35. The number of rotatable bonds is 6. The van der Waals surface area contributed by atoms with Gasteiger partial charge < -0.3 is 15.0 Å². The predicted octanol–water partition coefficient (Wildman–Crippen LogP) is 0.768. The molecule has 5 nitrogen and oxygen atoms in total. The molecule has 1 aromatic rings. The van der Waals surface area contributed by atoms with Gasteiger partial charge in [0.15, 0.2) is 0 Å². The summed E-state index contributed by atoms with van der Waals surface area (Å²) in [5, 5.41) is 8.51. The van der Waals surface area contributed by atoms with Crippen LogP contribution < -0.4 is 5.73 Å². The minimum absolute atomic E-state index is 0.580. The lowest BCUT2D eigenvalue weighted by Crippen LogP contribution is -2.26. The van der Waals surface area contributed by atoms with E-state index in [1.165, 1.54) is 0 Å². The summed E-state index contributed by atoms with van der Waals surface area (Å²) in [5.41, 5.74) is 5.70. The number of nitrogens with zero attached hydrogens (tertiary/aromatic N) is 3.